The van der Waals surface area contributed by atoms with E-state index < -0.39 is 0 Å². The van der Waals surface area contributed by atoms with Crippen molar-refractivity contribution in [3.63, 3.8) is 0 Å². The monoisotopic (exact) mass is 351 g/mol. The lowest BCUT2D eigenvalue weighted by molar-refractivity contribution is 0.309. The molecular weight excluding hydrogens is 334 g/mol. The minimum atomic E-state index is 0.524. The summed E-state index contributed by atoms with van der Waals surface area (Å²) in [6, 6.07) is 9.10. The Labute approximate surface area is 132 Å². The Kier molecular flexibility index (Phi) is 4.44. The lowest BCUT2D eigenvalue weighted by atomic mass is 10.1. The van der Waals surface area contributed by atoms with Crippen LogP contribution in [0, 0.1) is 0 Å². The quantitative estimate of drug-likeness (QED) is 0.843. The molecule has 0 spiro atoms. The van der Waals surface area contributed by atoms with Gasteiger partial charge < -0.3 is 10.1 Å². The predicted molar refractivity (Wildman–Crippen MR) is 87.5 cm³/mol. The third-order valence-electron chi connectivity index (χ3n) is 3.70. The number of nitrogens with one attached hydrogen (secondary N) is 1. The number of aryl methyl sites for hydroxylation is 1. The molecule has 0 amide bonds. The molecule has 1 aromatic carbocycles. The zero-order valence-corrected chi connectivity index (χ0v) is 13.9. The molecule has 0 fully saturated rings. The van der Waals surface area contributed by atoms with Crippen LogP contribution in [-0.4, -0.2) is 6.54 Å². The minimum Gasteiger partial charge on any atom is -0.488 e. The maximum Gasteiger partial charge on any atom is 0.124 e. The summed E-state index contributed by atoms with van der Waals surface area (Å²) < 4.78 is 7.05. The number of benzene rings is 1. The summed E-state index contributed by atoms with van der Waals surface area (Å²) in [6.45, 7) is 3.82. The van der Waals surface area contributed by atoms with Crippen molar-refractivity contribution < 1.29 is 4.74 Å². The second-order valence-corrected chi connectivity index (χ2v) is 6.84. The minimum absolute atomic E-state index is 0.524. The summed E-state index contributed by atoms with van der Waals surface area (Å²) in [4.78, 5) is 1.23. The van der Waals surface area contributed by atoms with E-state index in [0.29, 0.717) is 12.6 Å². The van der Waals surface area contributed by atoms with Crippen LogP contribution in [0.25, 0.3) is 0 Å². The van der Waals surface area contributed by atoms with Crippen molar-refractivity contribution in [1.82, 2.24) is 5.32 Å². The van der Waals surface area contributed by atoms with Crippen LogP contribution in [0.4, 0.5) is 0 Å². The molecule has 1 unspecified atom stereocenters. The van der Waals surface area contributed by atoms with Crippen molar-refractivity contribution in [2.45, 2.75) is 32.4 Å². The van der Waals surface area contributed by atoms with Crippen LogP contribution >= 0.6 is 27.3 Å². The van der Waals surface area contributed by atoms with Crippen LogP contribution in [0.2, 0.25) is 0 Å². The summed E-state index contributed by atoms with van der Waals surface area (Å²) >= 11 is 5.26. The molecule has 1 aliphatic carbocycles. The summed E-state index contributed by atoms with van der Waals surface area (Å²) in [5, 5.41) is 5.61. The molecule has 0 bridgehead atoms. The van der Waals surface area contributed by atoms with Gasteiger partial charge in [-0.15, -0.1) is 11.3 Å². The first kappa shape index (κ1) is 14.1. The topological polar surface area (TPSA) is 21.3 Å². The van der Waals surface area contributed by atoms with Gasteiger partial charge in [-0.2, -0.15) is 0 Å². The average molecular weight is 352 g/mol. The molecule has 1 aliphatic rings. The predicted octanol–water partition coefficient (Wildman–Crippen LogP) is 4.69. The van der Waals surface area contributed by atoms with Gasteiger partial charge in [0.25, 0.3) is 0 Å². The molecule has 1 N–H and O–H groups in total. The summed E-state index contributed by atoms with van der Waals surface area (Å²) in [6.07, 6.45) is 2.34. The first-order valence-electron chi connectivity index (χ1n) is 6.99. The van der Waals surface area contributed by atoms with Gasteiger partial charge in [0.1, 0.15) is 12.4 Å². The van der Waals surface area contributed by atoms with E-state index in [4.69, 9.17) is 4.74 Å². The van der Waals surface area contributed by atoms with E-state index in [1.807, 2.05) is 0 Å². The number of hydrogen-bond acceptors (Lipinski definition) is 3. The van der Waals surface area contributed by atoms with E-state index in [1.54, 1.807) is 11.3 Å². The summed E-state index contributed by atoms with van der Waals surface area (Å²) in [5.74, 6) is 0.973. The Hall–Kier alpha value is -0.840. The highest BCUT2D eigenvalue weighted by molar-refractivity contribution is 9.10. The highest BCUT2D eigenvalue weighted by Gasteiger charge is 2.21. The Bertz CT molecular complexity index is 596. The molecular formula is C16H18BrNOS. The highest BCUT2D eigenvalue weighted by atomic mass is 79.9. The largest absolute Gasteiger partial charge is 0.488 e. The van der Waals surface area contributed by atoms with Gasteiger partial charge in [0, 0.05) is 10.5 Å². The summed E-state index contributed by atoms with van der Waals surface area (Å²) in [7, 11) is 0. The second-order valence-electron chi connectivity index (χ2n) is 4.99. The van der Waals surface area contributed by atoms with Gasteiger partial charge >= 0.3 is 0 Å². The van der Waals surface area contributed by atoms with Gasteiger partial charge in [-0.05, 0) is 70.0 Å². The van der Waals surface area contributed by atoms with E-state index in [1.165, 1.54) is 22.4 Å². The van der Waals surface area contributed by atoms with Crippen LogP contribution in [0.15, 0.2) is 34.1 Å². The molecule has 2 aromatic rings. The molecule has 1 heterocycles. The van der Waals surface area contributed by atoms with Crippen LogP contribution in [0.5, 0.6) is 5.75 Å². The van der Waals surface area contributed by atoms with E-state index in [9.17, 15) is 0 Å². The van der Waals surface area contributed by atoms with Crippen molar-refractivity contribution in [1.29, 1.82) is 0 Å². The highest BCUT2D eigenvalue weighted by Crippen LogP contribution is 2.34. The lowest BCUT2D eigenvalue weighted by Gasteiger charge is -2.13. The van der Waals surface area contributed by atoms with Gasteiger partial charge in [-0.1, -0.05) is 13.0 Å². The fourth-order valence-corrected chi connectivity index (χ4v) is 4.10. The Morgan fingerprint density at radius 3 is 3.05 bits per heavy atom. The number of rotatable bonds is 5. The molecule has 0 saturated carbocycles. The van der Waals surface area contributed by atoms with Crippen molar-refractivity contribution >= 4 is 27.3 Å². The van der Waals surface area contributed by atoms with Crippen molar-refractivity contribution in [3.8, 4) is 5.75 Å². The Morgan fingerprint density at radius 1 is 1.40 bits per heavy atom. The van der Waals surface area contributed by atoms with Crippen molar-refractivity contribution in [2.75, 3.05) is 6.54 Å². The van der Waals surface area contributed by atoms with E-state index in [2.05, 4.69) is 57.8 Å². The van der Waals surface area contributed by atoms with Gasteiger partial charge in [0.15, 0.2) is 0 Å². The third kappa shape index (κ3) is 2.92. The number of hydrogen-bond donors (Lipinski definition) is 1. The van der Waals surface area contributed by atoms with Gasteiger partial charge in [0.2, 0.25) is 0 Å². The van der Waals surface area contributed by atoms with E-state index >= 15 is 0 Å². The number of ether oxygens (including phenoxy) is 1. The molecule has 0 radical (unpaired) electrons. The average Bonchev–Trinajstić information content (AvgIpc) is 3.04. The van der Waals surface area contributed by atoms with Crippen molar-refractivity contribution in [3.05, 3.63) is 50.1 Å². The van der Waals surface area contributed by atoms with E-state index in [0.717, 1.165) is 23.2 Å². The molecule has 2 nitrogen and oxygen atoms in total. The van der Waals surface area contributed by atoms with Crippen LogP contribution in [-0.2, 0) is 13.0 Å². The molecule has 20 heavy (non-hydrogen) atoms. The van der Waals surface area contributed by atoms with Crippen molar-refractivity contribution in [2.24, 2.45) is 0 Å². The Morgan fingerprint density at radius 2 is 2.30 bits per heavy atom. The number of halogens is 1. The molecule has 1 aromatic heterocycles. The lowest BCUT2D eigenvalue weighted by Crippen LogP contribution is -2.18. The molecule has 0 saturated heterocycles. The third-order valence-corrected chi connectivity index (χ3v) is 5.60. The zero-order chi connectivity index (χ0) is 13.9. The van der Waals surface area contributed by atoms with Crippen LogP contribution < -0.4 is 10.1 Å². The summed E-state index contributed by atoms with van der Waals surface area (Å²) in [5.41, 5.74) is 2.87. The van der Waals surface area contributed by atoms with E-state index in [-0.39, 0.29) is 0 Å². The SMILES string of the molecule is CCNC1CCc2cc(OCc3sccc3Br)ccc21. The molecule has 4 heteroatoms. The first-order valence-corrected chi connectivity index (χ1v) is 8.66. The molecule has 0 aliphatic heterocycles. The number of thiophene rings is 1. The van der Waals surface area contributed by atoms with Crippen LogP contribution in [0.1, 0.15) is 35.4 Å². The normalized spacial score (nSPS) is 17.2. The van der Waals surface area contributed by atoms with Gasteiger partial charge in [0.05, 0.1) is 4.88 Å². The second kappa shape index (κ2) is 6.29. The van der Waals surface area contributed by atoms with Gasteiger partial charge in [-0.25, -0.2) is 0 Å². The maximum atomic E-state index is 5.91. The fraction of sp³-hybridized carbons (Fsp3) is 0.375. The Balaban J connectivity index is 1.69. The molecule has 3 rings (SSSR count). The molecule has 106 valence electrons. The first-order chi connectivity index (χ1) is 9.78. The van der Waals surface area contributed by atoms with Crippen LogP contribution in [0.3, 0.4) is 0 Å². The fourth-order valence-electron chi connectivity index (χ4n) is 2.72. The standard InChI is InChI=1S/C16H18BrNOS/c1-2-18-15-6-3-11-9-12(4-5-13(11)15)19-10-16-14(17)7-8-20-16/h4-5,7-9,15,18H,2-3,6,10H2,1H3. The van der Waals surface area contributed by atoms with Gasteiger partial charge in [-0.3, -0.25) is 0 Å². The maximum absolute atomic E-state index is 5.91. The number of fused-ring (bicyclic) bond motifs is 1. The zero-order valence-electron chi connectivity index (χ0n) is 11.5. The smallest absolute Gasteiger partial charge is 0.124 e. The molecule has 1 atom stereocenters.